The van der Waals surface area contributed by atoms with E-state index in [0.29, 0.717) is 12.2 Å². The number of rotatable bonds is 4. The van der Waals surface area contributed by atoms with Crippen molar-refractivity contribution in [1.29, 1.82) is 0 Å². The molecule has 0 aromatic rings. The van der Waals surface area contributed by atoms with Crippen LogP contribution in [0.3, 0.4) is 0 Å². The fourth-order valence-electron chi connectivity index (χ4n) is 3.42. The highest BCUT2D eigenvalue weighted by atomic mass is 16.5. The molecule has 104 valence electrons. The summed E-state index contributed by atoms with van der Waals surface area (Å²) in [4.78, 5) is 12.2. The van der Waals surface area contributed by atoms with Crippen molar-refractivity contribution in [1.82, 2.24) is 0 Å². The molecule has 1 aliphatic carbocycles. The van der Waals surface area contributed by atoms with Gasteiger partial charge in [-0.25, -0.2) is 0 Å². The monoisotopic (exact) mass is 253 g/mol. The van der Waals surface area contributed by atoms with E-state index in [0.717, 1.165) is 38.7 Å². The van der Waals surface area contributed by atoms with E-state index in [1.54, 1.807) is 0 Å². The molecule has 18 heavy (non-hydrogen) atoms. The minimum Gasteiger partial charge on any atom is -0.375 e. The highest BCUT2D eigenvalue weighted by Gasteiger charge is 2.40. The molecular formula is C15H27NO2. The molecule has 2 N–H and O–H groups in total. The van der Waals surface area contributed by atoms with Crippen LogP contribution >= 0.6 is 0 Å². The number of carbonyl (C=O) groups excluding carboxylic acids is 1. The van der Waals surface area contributed by atoms with Crippen LogP contribution in [0.25, 0.3) is 0 Å². The molecule has 2 rings (SSSR count). The van der Waals surface area contributed by atoms with E-state index in [9.17, 15) is 4.79 Å². The molecule has 2 aliphatic rings. The maximum Gasteiger partial charge on any atom is 0.136 e. The van der Waals surface area contributed by atoms with Crippen LogP contribution in [-0.2, 0) is 9.53 Å². The van der Waals surface area contributed by atoms with Gasteiger partial charge in [-0.2, -0.15) is 0 Å². The number of Topliss-reactive ketones (excluding diaryl/α,β-unsaturated/α-hetero) is 1. The Balaban J connectivity index is 1.87. The van der Waals surface area contributed by atoms with Gasteiger partial charge in [-0.3, -0.25) is 4.79 Å². The first kappa shape index (κ1) is 14.0. The third kappa shape index (κ3) is 3.55. The topological polar surface area (TPSA) is 52.3 Å². The zero-order valence-electron chi connectivity index (χ0n) is 11.6. The van der Waals surface area contributed by atoms with Crippen LogP contribution in [0, 0.1) is 5.92 Å². The summed E-state index contributed by atoms with van der Waals surface area (Å²) in [6.45, 7) is 2.74. The van der Waals surface area contributed by atoms with Crippen molar-refractivity contribution in [3.63, 3.8) is 0 Å². The first-order valence-electron chi connectivity index (χ1n) is 7.54. The van der Waals surface area contributed by atoms with E-state index >= 15 is 0 Å². The highest BCUT2D eigenvalue weighted by Crippen LogP contribution is 2.41. The first-order valence-corrected chi connectivity index (χ1v) is 7.54. The van der Waals surface area contributed by atoms with Gasteiger partial charge in [0.2, 0.25) is 0 Å². The van der Waals surface area contributed by atoms with Crippen LogP contribution in [0.5, 0.6) is 0 Å². The molecule has 0 aromatic carbocycles. The van der Waals surface area contributed by atoms with E-state index in [1.807, 2.05) is 6.92 Å². The number of carbonyl (C=O) groups is 1. The van der Waals surface area contributed by atoms with Gasteiger partial charge in [-0.15, -0.1) is 0 Å². The van der Waals surface area contributed by atoms with Gasteiger partial charge in [0.1, 0.15) is 5.78 Å². The minimum atomic E-state index is 0.0468. The first-order chi connectivity index (χ1) is 8.61. The van der Waals surface area contributed by atoms with Crippen molar-refractivity contribution < 1.29 is 9.53 Å². The number of nitrogens with two attached hydrogens (primary N) is 1. The fraction of sp³-hybridized carbons (Fsp3) is 0.933. The van der Waals surface area contributed by atoms with Crippen LogP contribution in [0.15, 0.2) is 0 Å². The van der Waals surface area contributed by atoms with Gasteiger partial charge in [0.15, 0.2) is 0 Å². The Hall–Kier alpha value is -0.410. The van der Waals surface area contributed by atoms with Gasteiger partial charge >= 0.3 is 0 Å². The minimum absolute atomic E-state index is 0.0468. The molecule has 3 nitrogen and oxygen atoms in total. The maximum atomic E-state index is 12.2. The zero-order chi connectivity index (χ0) is 13.0. The third-order valence-corrected chi connectivity index (χ3v) is 4.56. The van der Waals surface area contributed by atoms with Gasteiger partial charge < -0.3 is 10.5 Å². The summed E-state index contributed by atoms with van der Waals surface area (Å²) >= 11 is 0. The van der Waals surface area contributed by atoms with Crippen molar-refractivity contribution >= 4 is 5.78 Å². The lowest BCUT2D eigenvalue weighted by atomic mass is 9.74. The van der Waals surface area contributed by atoms with Crippen LogP contribution < -0.4 is 5.73 Å². The molecule has 0 aromatic heterocycles. The predicted molar refractivity (Wildman–Crippen MR) is 72.4 cm³/mol. The van der Waals surface area contributed by atoms with Gasteiger partial charge in [-0.05, 0) is 39.0 Å². The quantitative estimate of drug-likeness (QED) is 0.838. The largest absolute Gasteiger partial charge is 0.375 e. The van der Waals surface area contributed by atoms with Crippen LogP contribution in [-0.4, -0.2) is 24.0 Å². The molecule has 0 bridgehead atoms. The standard InChI is InChI=1S/C15H27NO2/c1-12(16)5-6-14(17)13-7-10-18-15(11-13)8-3-2-4-9-15/h12-13H,2-11,16H2,1H3. The lowest BCUT2D eigenvalue weighted by Crippen LogP contribution is -2.43. The van der Waals surface area contributed by atoms with Crippen LogP contribution in [0.2, 0.25) is 0 Å². The molecule has 3 heteroatoms. The Labute approximate surface area is 110 Å². The Morgan fingerprint density at radius 2 is 2.11 bits per heavy atom. The second-order valence-corrected chi connectivity index (χ2v) is 6.26. The maximum absolute atomic E-state index is 12.2. The molecule has 1 saturated carbocycles. The van der Waals surface area contributed by atoms with Crippen LogP contribution in [0.1, 0.15) is 64.7 Å². The molecule has 1 aliphatic heterocycles. The summed E-state index contributed by atoms with van der Waals surface area (Å²) in [6, 6.07) is 0.137. The second kappa shape index (κ2) is 6.16. The number of hydrogen-bond donors (Lipinski definition) is 1. The lowest BCUT2D eigenvalue weighted by Gasteiger charge is -2.43. The van der Waals surface area contributed by atoms with Crippen molar-refractivity contribution in [3.05, 3.63) is 0 Å². The number of ether oxygens (including phenoxy) is 1. The molecule has 1 saturated heterocycles. The van der Waals surface area contributed by atoms with Crippen molar-refractivity contribution in [3.8, 4) is 0 Å². The third-order valence-electron chi connectivity index (χ3n) is 4.56. The average molecular weight is 253 g/mol. The smallest absolute Gasteiger partial charge is 0.136 e. The van der Waals surface area contributed by atoms with Crippen molar-refractivity contribution in [2.24, 2.45) is 11.7 Å². The van der Waals surface area contributed by atoms with Gasteiger partial charge in [0.25, 0.3) is 0 Å². The molecule has 0 amide bonds. The summed E-state index contributed by atoms with van der Waals surface area (Å²) in [6.07, 6.45) is 9.52. The van der Waals surface area contributed by atoms with Crippen LogP contribution in [0.4, 0.5) is 0 Å². The number of hydrogen-bond acceptors (Lipinski definition) is 3. The summed E-state index contributed by atoms with van der Waals surface area (Å²) in [5.41, 5.74) is 5.78. The Kier molecular flexibility index (Phi) is 4.79. The summed E-state index contributed by atoms with van der Waals surface area (Å²) in [5, 5.41) is 0. The summed E-state index contributed by atoms with van der Waals surface area (Å²) < 4.78 is 6.04. The summed E-state index contributed by atoms with van der Waals surface area (Å²) in [7, 11) is 0. The Morgan fingerprint density at radius 3 is 2.78 bits per heavy atom. The SMILES string of the molecule is CC(N)CCC(=O)C1CCOC2(CCCCC2)C1. The van der Waals surface area contributed by atoms with Gasteiger partial charge in [0, 0.05) is 25.0 Å². The van der Waals surface area contributed by atoms with E-state index in [-0.39, 0.29) is 17.6 Å². The lowest BCUT2D eigenvalue weighted by molar-refractivity contribution is -0.143. The van der Waals surface area contributed by atoms with E-state index in [4.69, 9.17) is 10.5 Å². The normalized spacial score (nSPS) is 29.1. The molecule has 2 unspecified atom stereocenters. The molecule has 2 atom stereocenters. The molecule has 1 heterocycles. The predicted octanol–water partition coefficient (Wildman–Crippen LogP) is 2.81. The van der Waals surface area contributed by atoms with E-state index in [2.05, 4.69) is 0 Å². The van der Waals surface area contributed by atoms with E-state index in [1.165, 1.54) is 19.3 Å². The molecule has 1 spiro atoms. The summed E-state index contributed by atoms with van der Waals surface area (Å²) in [5.74, 6) is 0.649. The molecule has 0 radical (unpaired) electrons. The Morgan fingerprint density at radius 1 is 1.39 bits per heavy atom. The highest BCUT2D eigenvalue weighted by molar-refractivity contribution is 5.81. The van der Waals surface area contributed by atoms with Gasteiger partial charge in [0.05, 0.1) is 5.60 Å². The zero-order valence-corrected chi connectivity index (χ0v) is 11.6. The van der Waals surface area contributed by atoms with Crippen molar-refractivity contribution in [2.45, 2.75) is 76.4 Å². The average Bonchev–Trinajstić information content (AvgIpc) is 2.37. The molecule has 2 fully saturated rings. The second-order valence-electron chi connectivity index (χ2n) is 6.26. The molecular weight excluding hydrogens is 226 g/mol. The fourth-order valence-corrected chi connectivity index (χ4v) is 3.42. The Bertz CT molecular complexity index is 277. The van der Waals surface area contributed by atoms with Crippen molar-refractivity contribution in [2.75, 3.05) is 6.61 Å². The number of ketones is 1. The van der Waals surface area contributed by atoms with Gasteiger partial charge in [-0.1, -0.05) is 19.3 Å². The van der Waals surface area contributed by atoms with E-state index < -0.39 is 0 Å².